The molecule has 0 bridgehead atoms. The first-order valence-corrected chi connectivity index (χ1v) is 22.2. The van der Waals surface area contributed by atoms with Crippen LogP contribution in [0, 0.1) is 11.8 Å². The second-order valence-electron chi connectivity index (χ2n) is 15.8. The van der Waals surface area contributed by atoms with Crippen LogP contribution in [0.15, 0.2) is 60.4 Å². The molecular weight excluding hydrogens is 859 g/mol. The Labute approximate surface area is 387 Å². The van der Waals surface area contributed by atoms with Crippen LogP contribution < -0.4 is 48.7 Å². The summed E-state index contributed by atoms with van der Waals surface area (Å²) >= 11 is 0. The predicted octanol–water partition coefficient (Wildman–Crippen LogP) is 1.44. The monoisotopic (exact) mass is 930 g/mol. The molecule has 6 unspecified atom stereocenters. The van der Waals surface area contributed by atoms with E-state index in [-0.39, 0.29) is 43.8 Å². The number of methoxy groups -OCH3 is 1. The lowest BCUT2D eigenvalue weighted by molar-refractivity contribution is -0.159. The fourth-order valence-corrected chi connectivity index (χ4v) is 5.96. The van der Waals surface area contributed by atoms with Crippen LogP contribution in [0.25, 0.3) is 0 Å². The molecule has 0 radical (unpaired) electrons. The number of urea groups is 2. The number of carbonyl (C=O) groups excluding carboxylic acids is 9. The van der Waals surface area contributed by atoms with Crippen LogP contribution in [0.5, 0.6) is 0 Å². The van der Waals surface area contributed by atoms with E-state index in [4.69, 9.17) is 25.7 Å². The van der Waals surface area contributed by atoms with Crippen molar-refractivity contribution in [3.05, 3.63) is 60.4 Å². The van der Waals surface area contributed by atoms with Gasteiger partial charge in [0.25, 0.3) is 5.91 Å². The van der Waals surface area contributed by atoms with Gasteiger partial charge in [0.05, 0.1) is 19.1 Å². The van der Waals surface area contributed by atoms with Gasteiger partial charge in [0.15, 0.2) is 0 Å². The molecule has 66 heavy (non-hydrogen) atoms. The molecule has 0 aromatic heterocycles. The third-order valence-electron chi connectivity index (χ3n) is 9.79. The van der Waals surface area contributed by atoms with Crippen LogP contribution in [0.1, 0.15) is 92.4 Å². The Balaban J connectivity index is 3.56. The molecule has 0 aliphatic carbocycles. The van der Waals surface area contributed by atoms with Gasteiger partial charge in [0, 0.05) is 32.7 Å². The minimum atomic E-state index is -1.51. The van der Waals surface area contributed by atoms with Gasteiger partial charge in [-0.2, -0.15) is 0 Å². The molecule has 0 spiro atoms. The van der Waals surface area contributed by atoms with E-state index in [1.165, 1.54) is 19.3 Å². The first-order chi connectivity index (χ1) is 31.4. The Kier molecular flexibility index (Phi) is 28.8. The SMILES string of the molecule is CC/C=C1\NC(=O)/C=C/C(C(C)CC)OC(=O)CC(CC(/C=C/C=C/C/C=C/CCC(C)C)OC)OC(=O)CNC(=O)C(CNC(N)=O)NC(=O)CNC(=O)C(CCCNC(N)=O)NC1=O. The molecule has 1 rings (SSSR count). The molecule has 0 aromatic rings. The summed E-state index contributed by atoms with van der Waals surface area (Å²) in [6.07, 6.45) is 15.9. The second kappa shape index (κ2) is 33.0. The number of primary amides is 2. The van der Waals surface area contributed by atoms with Gasteiger partial charge in [-0.15, -0.1) is 0 Å². The van der Waals surface area contributed by atoms with E-state index in [9.17, 15) is 43.2 Å². The van der Waals surface area contributed by atoms with Crippen molar-refractivity contribution in [3.8, 4) is 0 Å². The molecule has 0 fully saturated rings. The normalized spacial score (nSPS) is 22.3. The third kappa shape index (κ3) is 26.3. The minimum absolute atomic E-state index is 0.0103. The fourth-order valence-electron chi connectivity index (χ4n) is 5.96. The van der Waals surface area contributed by atoms with Crippen molar-refractivity contribution in [1.29, 1.82) is 0 Å². The Morgan fingerprint density at radius 2 is 1.58 bits per heavy atom. The number of carbonyl (C=O) groups is 9. The second-order valence-corrected chi connectivity index (χ2v) is 15.8. The summed E-state index contributed by atoms with van der Waals surface area (Å²) in [4.78, 5) is 116. The van der Waals surface area contributed by atoms with Gasteiger partial charge in [-0.3, -0.25) is 33.6 Å². The number of hydrogen-bond donors (Lipinski definition) is 9. The number of cyclic esters (lactones) is 2. The van der Waals surface area contributed by atoms with Crippen molar-refractivity contribution < 1.29 is 57.4 Å². The van der Waals surface area contributed by atoms with Crippen LogP contribution in [-0.4, -0.2) is 117 Å². The maximum atomic E-state index is 13.6. The van der Waals surface area contributed by atoms with E-state index in [0.29, 0.717) is 12.3 Å². The molecule has 368 valence electrons. The number of hydrogen-bond acceptors (Lipinski definition) is 12. The summed E-state index contributed by atoms with van der Waals surface area (Å²) < 4.78 is 17.1. The molecular formula is C45H71N9O12. The highest BCUT2D eigenvalue weighted by Gasteiger charge is 2.29. The Morgan fingerprint density at radius 1 is 0.879 bits per heavy atom. The fraction of sp³-hybridized carbons (Fsp3) is 0.578. The quantitative estimate of drug-likeness (QED) is 0.0292. The topological polar surface area (TPSA) is 318 Å². The van der Waals surface area contributed by atoms with Crippen molar-refractivity contribution in [3.63, 3.8) is 0 Å². The van der Waals surface area contributed by atoms with E-state index < -0.39 is 110 Å². The van der Waals surface area contributed by atoms with E-state index in [1.54, 1.807) is 26.0 Å². The highest BCUT2D eigenvalue weighted by atomic mass is 16.6. The number of amides is 9. The van der Waals surface area contributed by atoms with Gasteiger partial charge >= 0.3 is 24.0 Å². The van der Waals surface area contributed by atoms with Crippen molar-refractivity contribution in [2.75, 3.05) is 33.3 Å². The summed E-state index contributed by atoms with van der Waals surface area (Å²) in [7, 11) is 1.45. The standard InChI is InChI=1S/C45H71N9O12/c1-7-17-33-43(61)54-34(20-16-23-48-44(46)62)41(59)49-27-38(56)53-35(26-51-45(47)63)42(60)50-28-40(58)65-32(25-39(57)66-36(30(5)8-2)21-22-37(55)52-33)24-31(64-6)19-15-13-11-9-10-12-14-18-29(3)4/h10-13,15,17,19,21-22,29-32,34-36H,7-9,14,16,18,20,23-28H2,1-6H3,(H,49,59)(H,50,60)(H,52,55)(H,53,56)(H,54,61)(H3,46,48,62)(H3,47,51,63)/b12-10+,13-11+,19-15+,22-21+,33-17-. The summed E-state index contributed by atoms with van der Waals surface area (Å²) in [6, 6.07) is -4.66. The lowest BCUT2D eigenvalue weighted by Crippen LogP contribution is -2.56. The molecule has 11 N–H and O–H groups in total. The highest BCUT2D eigenvalue weighted by Crippen LogP contribution is 2.18. The molecule has 1 aliphatic heterocycles. The van der Waals surface area contributed by atoms with Gasteiger partial charge in [-0.1, -0.05) is 77.2 Å². The predicted molar refractivity (Wildman–Crippen MR) is 245 cm³/mol. The van der Waals surface area contributed by atoms with Gasteiger partial charge in [-0.25, -0.2) is 9.59 Å². The van der Waals surface area contributed by atoms with Gasteiger partial charge in [0.1, 0.15) is 36.5 Å². The molecule has 1 aliphatic rings. The number of ether oxygens (including phenoxy) is 3. The summed E-state index contributed by atoms with van der Waals surface area (Å²) in [5.41, 5.74) is 10.1. The zero-order valence-corrected chi connectivity index (χ0v) is 39.0. The lowest BCUT2D eigenvalue weighted by Gasteiger charge is -2.24. The van der Waals surface area contributed by atoms with E-state index >= 15 is 0 Å². The van der Waals surface area contributed by atoms with Crippen LogP contribution in [-0.2, 0) is 47.8 Å². The summed E-state index contributed by atoms with van der Waals surface area (Å²) in [5.74, 6) is -5.75. The average molecular weight is 930 g/mol. The largest absolute Gasteiger partial charge is 0.460 e. The Bertz CT molecular complexity index is 1780. The van der Waals surface area contributed by atoms with Gasteiger partial charge in [-0.05, 0) is 62.9 Å². The summed E-state index contributed by atoms with van der Waals surface area (Å²) in [5, 5.41) is 16.6. The molecule has 0 saturated carbocycles. The van der Waals surface area contributed by atoms with Crippen LogP contribution in [0.3, 0.4) is 0 Å². The maximum absolute atomic E-state index is 13.6. The smallest absolute Gasteiger partial charge is 0.325 e. The first-order valence-electron chi connectivity index (χ1n) is 22.2. The van der Waals surface area contributed by atoms with Crippen LogP contribution in [0.2, 0.25) is 0 Å². The highest BCUT2D eigenvalue weighted by molar-refractivity contribution is 6.02. The molecule has 21 heteroatoms. The molecule has 1 heterocycles. The number of esters is 2. The van der Waals surface area contributed by atoms with Crippen LogP contribution in [0.4, 0.5) is 9.59 Å². The zero-order valence-electron chi connectivity index (χ0n) is 39.0. The minimum Gasteiger partial charge on any atom is -0.460 e. The number of rotatable bonds is 19. The maximum Gasteiger partial charge on any atom is 0.325 e. The van der Waals surface area contributed by atoms with E-state index in [0.717, 1.165) is 25.3 Å². The van der Waals surface area contributed by atoms with Crippen LogP contribution >= 0.6 is 0 Å². The van der Waals surface area contributed by atoms with E-state index in [2.05, 4.69) is 63.2 Å². The number of nitrogens with one attached hydrogen (secondary N) is 7. The van der Waals surface area contributed by atoms with Crippen molar-refractivity contribution in [2.45, 2.75) is 123 Å². The van der Waals surface area contributed by atoms with Gasteiger partial charge in [0.2, 0.25) is 23.6 Å². The summed E-state index contributed by atoms with van der Waals surface area (Å²) in [6.45, 7) is 7.75. The molecule has 0 saturated heterocycles. The van der Waals surface area contributed by atoms with Crippen molar-refractivity contribution in [2.24, 2.45) is 23.3 Å². The molecule has 6 atom stereocenters. The number of nitrogens with two attached hydrogens (primary N) is 2. The molecule has 0 aromatic carbocycles. The Hall–Kier alpha value is -6.51. The zero-order chi connectivity index (χ0) is 49.4. The van der Waals surface area contributed by atoms with Crippen molar-refractivity contribution in [1.82, 2.24) is 37.2 Å². The van der Waals surface area contributed by atoms with Crippen molar-refractivity contribution >= 4 is 53.5 Å². The average Bonchev–Trinajstić information content (AvgIpc) is 3.26. The number of allylic oxidation sites excluding steroid dienone is 6. The lowest BCUT2D eigenvalue weighted by atomic mass is 10.0. The third-order valence-corrected chi connectivity index (χ3v) is 9.79. The Morgan fingerprint density at radius 3 is 2.23 bits per heavy atom. The van der Waals surface area contributed by atoms with Gasteiger partial charge < -0.3 is 62.9 Å². The first kappa shape index (κ1) is 57.5. The molecule has 21 nitrogen and oxygen atoms in total. The molecule has 9 amide bonds. The van der Waals surface area contributed by atoms with E-state index in [1.807, 2.05) is 19.1 Å².